The number of hydrazone groups is 2. The number of rotatable bonds is 10. The van der Waals surface area contributed by atoms with Gasteiger partial charge in [0, 0.05) is 10.0 Å². The van der Waals surface area contributed by atoms with Gasteiger partial charge in [-0.2, -0.15) is 10.2 Å². The van der Waals surface area contributed by atoms with Gasteiger partial charge in [-0.05, 0) is 50.2 Å². The first-order chi connectivity index (χ1) is 17.7. The Labute approximate surface area is 232 Å². The lowest BCUT2D eigenvalue weighted by Crippen LogP contribution is -2.20. The molecular weight excluding hydrogens is 572 g/mol. The molecule has 198 valence electrons. The fraction of sp³-hybridized carbons (Fsp3) is 0.182. The average Bonchev–Trinajstić information content (AvgIpc) is 2.85. The summed E-state index contributed by atoms with van der Waals surface area (Å²) in [5.41, 5.74) is 5.35. The van der Waals surface area contributed by atoms with Gasteiger partial charge >= 0.3 is 11.9 Å². The van der Waals surface area contributed by atoms with Crippen LogP contribution in [0.3, 0.4) is 0 Å². The molecule has 0 bridgehead atoms. The molecule has 2 aromatic carbocycles. The van der Waals surface area contributed by atoms with Crippen LogP contribution < -0.4 is 10.9 Å². The molecule has 0 aliphatic heterocycles. The van der Waals surface area contributed by atoms with Gasteiger partial charge in [-0.1, -0.05) is 51.6 Å². The van der Waals surface area contributed by atoms with Crippen LogP contribution in [0, 0.1) is 0 Å². The molecule has 0 aliphatic carbocycles. The number of carbonyl (C=O) groups is 3. The Morgan fingerprint density at radius 1 is 0.838 bits per heavy atom. The van der Waals surface area contributed by atoms with Gasteiger partial charge < -0.3 is 14.7 Å². The molecule has 37 heavy (non-hydrogen) atoms. The molecule has 0 saturated carbocycles. The number of anilines is 2. The van der Waals surface area contributed by atoms with Gasteiger partial charge in [0.05, 0.1) is 34.6 Å². The van der Waals surface area contributed by atoms with Gasteiger partial charge in [-0.3, -0.25) is 15.6 Å². The standard InChI is InChI=1S/C11H11Cl2N3O3.C11H10Cl2N2O3/c1-2-19-11(17)10(6-14-18)16-15-9-4-3-7(12)5-8(9)13;1-2-18-11(17)10(6-16)15-14-9-4-3-7(12)5-8(9)13/h3-6,15,18H,2H2,1H3;3-6,14H,2H2,1H3/b14-6+,16-10+;15-10+. The predicted octanol–water partition coefficient (Wildman–Crippen LogP) is 5.31. The van der Waals surface area contributed by atoms with Crippen LogP contribution in [0.5, 0.6) is 0 Å². The van der Waals surface area contributed by atoms with Crippen LogP contribution in [-0.2, 0) is 23.9 Å². The summed E-state index contributed by atoms with van der Waals surface area (Å²) >= 11 is 23.3. The van der Waals surface area contributed by atoms with E-state index in [4.69, 9.17) is 56.3 Å². The minimum atomic E-state index is -0.801. The number of nitrogens with one attached hydrogen (secondary N) is 2. The molecule has 0 radical (unpaired) electrons. The number of ether oxygens (including phenoxy) is 2. The zero-order chi connectivity index (χ0) is 27.8. The fourth-order valence-corrected chi connectivity index (χ4v) is 3.01. The van der Waals surface area contributed by atoms with Gasteiger partial charge in [0.15, 0.2) is 12.0 Å². The monoisotopic (exact) mass is 591 g/mol. The van der Waals surface area contributed by atoms with Crippen molar-refractivity contribution in [3.05, 3.63) is 56.5 Å². The largest absolute Gasteiger partial charge is 0.461 e. The summed E-state index contributed by atoms with van der Waals surface area (Å²) < 4.78 is 9.37. The first-order valence-electron chi connectivity index (χ1n) is 10.2. The number of esters is 2. The van der Waals surface area contributed by atoms with E-state index in [1.165, 1.54) is 12.1 Å². The van der Waals surface area contributed by atoms with Crippen LogP contribution in [0.25, 0.3) is 0 Å². The highest BCUT2D eigenvalue weighted by Gasteiger charge is 2.12. The van der Waals surface area contributed by atoms with Crippen LogP contribution in [0.1, 0.15) is 13.8 Å². The third-order valence-corrected chi connectivity index (χ3v) is 4.81. The summed E-state index contributed by atoms with van der Waals surface area (Å²) in [7, 11) is 0. The van der Waals surface area contributed by atoms with Crippen molar-refractivity contribution in [1.29, 1.82) is 0 Å². The second-order valence-electron chi connectivity index (χ2n) is 6.27. The molecule has 0 heterocycles. The summed E-state index contributed by atoms with van der Waals surface area (Å²) in [4.78, 5) is 33.4. The molecule has 0 unspecified atom stereocenters. The number of carbonyl (C=O) groups excluding carboxylic acids is 3. The lowest BCUT2D eigenvalue weighted by atomic mass is 10.3. The van der Waals surface area contributed by atoms with E-state index >= 15 is 0 Å². The van der Waals surface area contributed by atoms with E-state index in [1.54, 1.807) is 38.1 Å². The summed E-state index contributed by atoms with van der Waals surface area (Å²) in [5, 5.41) is 20.2. The molecule has 0 atom stereocenters. The van der Waals surface area contributed by atoms with Crippen LogP contribution >= 0.6 is 46.4 Å². The van der Waals surface area contributed by atoms with E-state index in [0.717, 1.165) is 6.21 Å². The SMILES string of the molecule is CCOC(=O)/C(C=O)=N/Nc1ccc(Cl)cc1Cl.CCOC(=O)C(/C=N/O)=N/Nc1ccc(Cl)cc1Cl. The maximum atomic E-state index is 11.4. The number of hydrogen-bond acceptors (Lipinski definition) is 11. The van der Waals surface area contributed by atoms with E-state index in [1.807, 2.05) is 0 Å². The molecule has 2 aromatic rings. The number of halogens is 4. The van der Waals surface area contributed by atoms with E-state index in [2.05, 4.69) is 30.9 Å². The maximum absolute atomic E-state index is 11.4. The number of benzene rings is 2. The van der Waals surface area contributed by atoms with Crippen molar-refractivity contribution in [3.8, 4) is 0 Å². The van der Waals surface area contributed by atoms with Crippen molar-refractivity contribution in [1.82, 2.24) is 0 Å². The Morgan fingerprint density at radius 2 is 1.27 bits per heavy atom. The van der Waals surface area contributed by atoms with Gasteiger partial charge in [0.25, 0.3) is 0 Å². The molecule has 3 N–H and O–H groups in total. The maximum Gasteiger partial charge on any atom is 0.362 e. The summed E-state index contributed by atoms with van der Waals surface area (Å²) in [6.45, 7) is 3.62. The van der Waals surface area contributed by atoms with Crippen molar-refractivity contribution >= 4 is 93.6 Å². The van der Waals surface area contributed by atoms with Crippen LogP contribution in [0.15, 0.2) is 51.8 Å². The zero-order valence-corrected chi connectivity index (χ0v) is 22.4. The molecule has 0 spiro atoms. The predicted molar refractivity (Wildman–Crippen MR) is 145 cm³/mol. The normalized spacial score (nSPS) is 11.3. The lowest BCUT2D eigenvalue weighted by Gasteiger charge is -2.05. The van der Waals surface area contributed by atoms with E-state index in [9.17, 15) is 14.4 Å². The third kappa shape index (κ3) is 11.5. The molecule has 2 rings (SSSR count). The molecule has 0 aromatic heterocycles. The molecule has 0 fully saturated rings. The Hall–Kier alpha value is -3.38. The van der Waals surface area contributed by atoms with Gasteiger partial charge in [-0.15, -0.1) is 0 Å². The summed E-state index contributed by atoms with van der Waals surface area (Å²) in [6, 6.07) is 9.39. The lowest BCUT2D eigenvalue weighted by molar-refractivity contribution is -0.136. The zero-order valence-electron chi connectivity index (χ0n) is 19.4. The fourth-order valence-electron chi connectivity index (χ4n) is 2.11. The van der Waals surface area contributed by atoms with Gasteiger partial charge in [0.2, 0.25) is 5.71 Å². The van der Waals surface area contributed by atoms with Crippen molar-refractivity contribution < 1.29 is 29.1 Å². The number of aldehydes is 1. The third-order valence-electron chi connectivity index (χ3n) is 3.72. The minimum absolute atomic E-state index is 0.160. The molecule has 0 amide bonds. The number of hydrogen-bond donors (Lipinski definition) is 3. The smallest absolute Gasteiger partial charge is 0.362 e. The summed E-state index contributed by atoms with van der Waals surface area (Å²) in [5.74, 6) is -1.53. The molecule has 0 saturated heterocycles. The Kier molecular flexibility index (Phi) is 14.7. The second kappa shape index (κ2) is 17.1. The first-order valence-corrected chi connectivity index (χ1v) is 11.7. The van der Waals surface area contributed by atoms with Crippen LogP contribution in [-0.4, -0.2) is 54.3 Å². The van der Waals surface area contributed by atoms with Gasteiger partial charge in [0.1, 0.15) is 6.21 Å². The van der Waals surface area contributed by atoms with Crippen molar-refractivity contribution in [2.24, 2.45) is 15.4 Å². The number of oxime groups is 1. The van der Waals surface area contributed by atoms with Crippen LogP contribution in [0.4, 0.5) is 11.4 Å². The van der Waals surface area contributed by atoms with Crippen LogP contribution in [0.2, 0.25) is 20.1 Å². The van der Waals surface area contributed by atoms with Gasteiger partial charge in [-0.25, -0.2) is 9.59 Å². The van der Waals surface area contributed by atoms with E-state index in [-0.39, 0.29) is 24.6 Å². The first kappa shape index (κ1) is 31.6. The molecule has 0 aliphatic rings. The highest BCUT2D eigenvalue weighted by molar-refractivity contribution is 6.59. The second-order valence-corrected chi connectivity index (χ2v) is 7.96. The van der Waals surface area contributed by atoms with Crippen molar-refractivity contribution in [2.45, 2.75) is 13.8 Å². The highest BCUT2D eigenvalue weighted by Crippen LogP contribution is 2.26. The highest BCUT2D eigenvalue weighted by atomic mass is 35.5. The van der Waals surface area contributed by atoms with E-state index < -0.39 is 11.9 Å². The van der Waals surface area contributed by atoms with E-state index in [0.29, 0.717) is 37.8 Å². The summed E-state index contributed by atoms with van der Waals surface area (Å²) in [6.07, 6.45) is 1.16. The van der Waals surface area contributed by atoms with Crippen molar-refractivity contribution in [2.75, 3.05) is 24.1 Å². The molecular formula is C22H21Cl4N5O6. The molecule has 15 heteroatoms. The Bertz CT molecular complexity index is 1190. The van der Waals surface area contributed by atoms with Crippen molar-refractivity contribution in [3.63, 3.8) is 0 Å². The molecule has 11 nitrogen and oxygen atoms in total. The quantitative estimate of drug-likeness (QED) is 0.0838. The Balaban J connectivity index is 0.000000371. The Morgan fingerprint density at radius 3 is 1.65 bits per heavy atom. The topological polar surface area (TPSA) is 151 Å². The average molecular weight is 593 g/mol. The number of nitrogens with zero attached hydrogens (tertiary/aromatic N) is 3. The minimum Gasteiger partial charge on any atom is -0.461 e.